The number of thiophene rings is 1. The van der Waals surface area contributed by atoms with E-state index in [1.807, 2.05) is 0 Å². The minimum atomic E-state index is -2.65. The quantitative estimate of drug-likeness (QED) is 0.169. The summed E-state index contributed by atoms with van der Waals surface area (Å²) in [5.41, 5.74) is 1.96. The molecule has 0 radical (unpaired) electrons. The third-order valence-corrected chi connectivity index (χ3v) is 12.8. The summed E-state index contributed by atoms with van der Waals surface area (Å²) < 4.78 is 8.40. The molecule has 4 aromatic carbocycles. The third kappa shape index (κ3) is 4.67. The number of aliphatic imine (C=N–C) groups is 1. The van der Waals surface area contributed by atoms with Gasteiger partial charge < -0.3 is 4.43 Å². The van der Waals surface area contributed by atoms with Crippen molar-refractivity contribution in [2.45, 2.75) is 32.7 Å². The zero-order chi connectivity index (χ0) is 25.2. The SMILES string of the molecule is CC(=Nc1ccc(O[Si](c2ccccc2)(c2ccccc2)C(C)(C)C)cc1)c1cc2ccccc2s1. The van der Waals surface area contributed by atoms with Crippen LogP contribution < -0.4 is 14.8 Å². The van der Waals surface area contributed by atoms with Crippen molar-refractivity contribution in [2.24, 2.45) is 4.99 Å². The van der Waals surface area contributed by atoms with Gasteiger partial charge in [-0.25, -0.2) is 0 Å². The molecule has 1 aromatic heterocycles. The predicted octanol–water partition coefficient (Wildman–Crippen LogP) is 7.98. The van der Waals surface area contributed by atoms with Crippen LogP contribution in [0.2, 0.25) is 5.04 Å². The standard InChI is InChI=1S/C32H31NOSSi/c1-24(31-23-25-13-11-12-18-30(25)35-31)33-26-19-21-27(22-20-26)34-36(32(2,3)4,28-14-7-5-8-15-28)29-16-9-6-10-17-29/h5-23H,1-4H3. The van der Waals surface area contributed by atoms with E-state index in [4.69, 9.17) is 9.42 Å². The smallest absolute Gasteiger partial charge is 0.319 e. The Labute approximate surface area is 219 Å². The molecule has 0 unspecified atom stereocenters. The molecule has 180 valence electrons. The van der Waals surface area contributed by atoms with Gasteiger partial charge in [0.2, 0.25) is 0 Å². The highest BCUT2D eigenvalue weighted by atomic mass is 32.1. The van der Waals surface area contributed by atoms with E-state index in [1.54, 1.807) is 11.3 Å². The van der Waals surface area contributed by atoms with E-state index in [0.717, 1.165) is 17.1 Å². The number of nitrogens with zero attached hydrogens (tertiary/aromatic N) is 1. The minimum absolute atomic E-state index is 0.0791. The molecule has 1 heterocycles. The molecular weight excluding hydrogens is 475 g/mol. The summed E-state index contributed by atoms with van der Waals surface area (Å²) in [5.74, 6) is 0.878. The number of fused-ring (bicyclic) bond motifs is 1. The maximum Gasteiger partial charge on any atom is 0.319 e. The summed E-state index contributed by atoms with van der Waals surface area (Å²) >= 11 is 1.78. The maximum atomic E-state index is 7.12. The molecule has 36 heavy (non-hydrogen) atoms. The Kier molecular flexibility index (Phi) is 6.65. The summed E-state index contributed by atoms with van der Waals surface area (Å²) in [6, 6.07) is 40.4. The van der Waals surface area contributed by atoms with Gasteiger partial charge in [0.15, 0.2) is 0 Å². The first-order valence-electron chi connectivity index (χ1n) is 12.3. The monoisotopic (exact) mass is 505 g/mol. The molecule has 0 bridgehead atoms. The van der Waals surface area contributed by atoms with Crippen LogP contribution in [-0.4, -0.2) is 14.0 Å². The van der Waals surface area contributed by atoms with Crippen molar-refractivity contribution in [1.82, 2.24) is 0 Å². The molecule has 0 amide bonds. The molecule has 0 saturated heterocycles. The van der Waals surface area contributed by atoms with Crippen LogP contribution in [0.5, 0.6) is 5.75 Å². The highest BCUT2D eigenvalue weighted by molar-refractivity contribution is 7.20. The fourth-order valence-electron chi connectivity index (χ4n) is 4.82. The topological polar surface area (TPSA) is 21.6 Å². The Bertz CT molecular complexity index is 1410. The van der Waals surface area contributed by atoms with Crippen LogP contribution in [0, 0.1) is 0 Å². The van der Waals surface area contributed by atoms with Gasteiger partial charge in [0.25, 0.3) is 0 Å². The average Bonchev–Trinajstić information content (AvgIpc) is 3.33. The van der Waals surface area contributed by atoms with Crippen molar-refractivity contribution in [3.05, 3.63) is 120 Å². The van der Waals surface area contributed by atoms with Crippen LogP contribution >= 0.6 is 11.3 Å². The van der Waals surface area contributed by atoms with E-state index < -0.39 is 8.32 Å². The van der Waals surface area contributed by atoms with Crippen molar-refractivity contribution >= 4 is 51.5 Å². The second kappa shape index (κ2) is 9.88. The molecule has 0 atom stereocenters. The molecular formula is C32H31NOSSi. The number of hydrogen-bond donors (Lipinski definition) is 0. The second-order valence-corrected chi connectivity index (χ2v) is 15.4. The van der Waals surface area contributed by atoms with Crippen molar-refractivity contribution < 1.29 is 4.43 Å². The Balaban J connectivity index is 1.50. The van der Waals surface area contributed by atoms with Gasteiger partial charge in [0.05, 0.1) is 11.4 Å². The number of hydrogen-bond acceptors (Lipinski definition) is 3. The van der Waals surface area contributed by atoms with Crippen molar-refractivity contribution in [1.29, 1.82) is 0 Å². The normalized spacial score (nSPS) is 12.6. The summed E-state index contributed by atoms with van der Waals surface area (Å²) in [6.07, 6.45) is 0. The summed E-state index contributed by atoms with van der Waals surface area (Å²) in [4.78, 5) is 6.11. The summed E-state index contributed by atoms with van der Waals surface area (Å²) in [5, 5.41) is 3.73. The Morgan fingerprint density at radius 1 is 0.722 bits per heavy atom. The highest BCUT2D eigenvalue weighted by Crippen LogP contribution is 2.38. The Hall–Kier alpha value is -3.47. The van der Waals surface area contributed by atoms with Gasteiger partial charge in [-0.2, -0.15) is 0 Å². The van der Waals surface area contributed by atoms with Crippen LogP contribution in [0.4, 0.5) is 5.69 Å². The molecule has 0 spiro atoms. The van der Waals surface area contributed by atoms with Crippen LogP contribution in [0.15, 0.2) is 120 Å². The van der Waals surface area contributed by atoms with Gasteiger partial charge in [-0.1, -0.05) is 99.6 Å². The van der Waals surface area contributed by atoms with Gasteiger partial charge in [-0.05, 0) is 64.1 Å². The van der Waals surface area contributed by atoms with E-state index in [1.165, 1.54) is 25.3 Å². The van der Waals surface area contributed by atoms with Crippen LogP contribution in [0.3, 0.4) is 0 Å². The average molecular weight is 506 g/mol. The van der Waals surface area contributed by atoms with E-state index in [9.17, 15) is 0 Å². The van der Waals surface area contributed by atoms with Crippen LogP contribution in [0.1, 0.15) is 32.6 Å². The van der Waals surface area contributed by atoms with E-state index in [0.29, 0.717) is 0 Å². The zero-order valence-electron chi connectivity index (χ0n) is 21.2. The van der Waals surface area contributed by atoms with Crippen molar-refractivity contribution in [3.63, 3.8) is 0 Å². The maximum absolute atomic E-state index is 7.12. The first-order chi connectivity index (χ1) is 17.4. The van der Waals surface area contributed by atoms with Gasteiger partial charge in [-0.3, -0.25) is 4.99 Å². The Morgan fingerprint density at radius 3 is 1.83 bits per heavy atom. The van der Waals surface area contributed by atoms with Gasteiger partial charge in [0, 0.05) is 9.58 Å². The minimum Gasteiger partial charge on any atom is -0.534 e. The second-order valence-electron chi connectivity index (χ2n) is 10.1. The largest absolute Gasteiger partial charge is 0.534 e. The lowest BCUT2D eigenvalue weighted by atomic mass is 10.2. The molecule has 0 fully saturated rings. The fourth-order valence-corrected chi connectivity index (χ4v) is 10.3. The van der Waals surface area contributed by atoms with Gasteiger partial charge in [0.1, 0.15) is 5.75 Å². The summed E-state index contributed by atoms with van der Waals surface area (Å²) in [7, 11) is -2.65. The lowest BCUT2D eigenvalue weighted by Crippen LogP contribution is -2.68. The third-order valence-electron chi connectivity index (χ3n) is 6.60. The Morgan fingerprint density at radius 2 is 1.28 bits per heavy atom. The van der Waals surface area contributed by atoms with Gasteiger partial charge in [-0.15, -0.1) is 11.3 Å². The molecule has 0 saturated carbocycles. The number of benzene rings is 4. The lowest BCUT2D eigenvalue weighted by molar-refractivity contribution is 0.508. The van der Waals surface area contributed by atoms with Crippen LogP contribution in [-0.2, 0) is 0 Å². The molecule has 0 aliphatic rings. The fraction of sp³-hybridized carbons (Fsp3) is 0.156. The molecule has 4 heteroatoms. The molecule has 0 N–H and O–H groups in total. The predicted molar refractivity (Wildman–Crippen MR) is 158 cm³/mol. The van der Waals surface area contributed by atoms with E-state index in [-0.39, 0.29) is 5.04 Å². The molecule has 0 aliphatic heterocycles. The first-order valence-corrected chi connectivity index (χ1v) is 15.0. The van der Waals surface area contributed by atoms with Crippen LogP contribution in [0.25, 0.3) is 10.1 Å². The highest BCUT2D eigenvalue weighted by Gasteiger charge is 2.52. The molecule has 2 nitrogen and oxygen atoms in total. The van der Waals surface area contributed by atoms with Crippen molar-refractivity contribution in [3.8, 4) is 5.75 Å². The van der Waals surface area contributed by atoms with Crippen molar-refractivity contribution in [2.75, 3.05) is 0 Å². The molecule has 5 rings (SSSR count). The van der Waals surface area contributed by atoms with E-state index in [2.05, 4.69) is 143 Å². The van der Waals surface area contributed by atoms with E-state index >= 15 is 0 Å². The number of rotatable bonds is 6. The molecule has 5 aromatic rings. The zero-order valence-corrected chi connectivity index (χ0v) is 23.0. The first kappa shape index (κ1) is 24.2. The summed E-state index contributed by atoms with van der Waals surface area (Å²) in [6.45, 7) is 8.97. The van der Waals surface area contributed by atoms with Gasteiger partial charge >= 0.3 is 8.32 Å². The lowest BCUT2D eigenvalue weighted by Gasteiger charge is -2.43. The molecule has 0 aliphatic carbocycles.